The molecule has 0 aliphatic rings. The highest BCUT2D eigenvalue weighted by atomic mass is 35.5. The quantitative estimate of drug-likeness (QED) is 0.626. The zero-order chi connectivity index (χ0) is 15.7. The maximum Gasteiger partial charge on any atom is 0.242 e. The molecule has 0 saturated heterocycles. The summed E-state index contributed by atoms with van der Waals surface area (Å²) in [4.78, 5) is -0.228. The van der Waals surface area contributed by atoms with Gasteiger partial charge in [0.2, 0.25) is 10.0 Å². The lowest BCUT2D eigenvalue weighted by atomic mass is 9.94. The molecule has 3 N–H and O–H groups in total. The van der Waals surface area contributed by atoms with Gasteiger partial charge in [-0.1, -0.05) is 49.3 Å². The van der Waals surface area contributed by atoms with E-state index in [0.29, 0.717) is 0 Å². The van der Waals surface area contributed by atoms with Crippen LogP contribution in [0.1, 0.15) is 13.8 Å². The number of sulfonamides is 1. The fourth-order valence-corrected chi connectivity index (χ4v) is 3.18. The van der Waals surface area contributed by atoms with Crippen LogP contribution in [0.15, 0.2) is 17.0 Å². The Morgan fingerprint density at radius 1 is 1.45 bits per heavy atom. The topological polar surface area (TPSA) is 72.2 Å². The molecule has 1 aromatic rings. The first kappa shape index (κ1) is 17.6. The Hall–Kier alpha value is -0.470. The molecule has 4 nitrogen and oxygen atoms in total. The molecule has 0 aliphatic heterocycles. The largest absolute Gasteiger partial charge is 0.393 e. The fraction of sp³-hybridized carbons (Fsp3) is 0.364. The van der Waals surface area contributed by atoms with Crippen LogP contribution in [-0.2, 0) is 10.0 Å². The molecule has 20 heavy (non-hydrogen) atoms. The summed E-state index contributed by atoms with van der Waals surface area (Å²) in [5, 5.41) is -0.810. The maximum absolute atomic E-state index is 13.5. The number of nitrogens with two attached hydrogens (primary N) is 1. The molecular formula is C11H13Cl2FN2O2S2. The molecule has 0 unspecified atom stereocenters. The Labute approximate surface area is 132 Å². The summed E-state index contributed by atoms with van der Waals surface area (Å²) in [7, 11) is -3.99. The predicted octanol–water partition coefficient (Wildman–Crippen LogP) is 2.72. The molecular weight excluding hydrogens is 346 g/mol. The number of benzene rings is 1. The summed E-state index contributed by atoms with van der Waals surface area (Å²) in [5.74, 6) is -0.982. The van der Waals surface area contributed by atoms with Crippen molar-refractivity contribution in [2.75, 3.05) is 6.54 Å². The van der Waals surface area contributed by atoms with Crippen molar-refractivity contribution in [3.63, 3.8) is 0 Å². The van der Waals surface area contributed by atoms with Crippen molar-refractivity contribution in [1.29, 1.82) is 0 Å². The van der Waals surface area contributed by atoms with Gasteiger partial charge in [0, 0.05) is 12.0 Å². The first-order valence-corrected chi connectivity index (χ1v) is 8.07. The molecule has 9 heteroatoms. The van der Waals surface area contributed by atoms with E-state index in [1.807, 2.05) is 0 Å². The Morgan fingerprint density at radius 3 is 2.50 bits per heavy atom. The van der Waals surface area contributed by atoms with Crippen molar-refractivity contribution in [2.45, 2.75) is 18.7 Å². The molecule has 0 bridgehead atoms. The Bertz CT molecular complexity index is 648. The zero-order valence-electron chi connectivity index (χ0n) is 10.7. The number of hydrogen-bond acceptors (Lipinski definition) is 3. The molecule has 1 rings (SSSR count). The van der Waals surface area contributed by atoms with Crippen LogP contribution < -0.4 is 10.5 Å². The highest BCUT2D eigenvalue weighted by molar-refractivity contribution is 7.89. The molecule has 0 heterocycles. The Morgan fingerprint density at radius 2 is 2.00 bits per heavy atom. The van der Waals surface area contributed by atoms with Crippen molar-refractivity contribution in [3.8, 4) is 0 Å². The van der Waals surface area contributed by atoms with E-state index in [2.05, 4.69) is 4.72 Å². The van der Waals surface area contributed by atoms with Gasteiger partial charge in [-0.25, -0.2) is 17.5 Å². The fourth-order valence-electron chi connectivity index (χ4n) is 1.16. The first-order valence-electron chi connectivity index (χ1n) is 5.42. The molecule has 0 amide bonds. The molecule has 1 aromatic carbocycles. The van der Waals surface area contributed by atoms with Crippen LogP contribution in [0, 0.1) is 11.2 Å². The van der Waals surface area contributed by atoms with Crippen LogP contribution in [0.3, 0.4) is 0 Å². The van der Waals surface area contributed by atoms with E-state index in [-0.39, 0.29) is 21.5 Å². The second kappa shape index (κ2) is 6.11. The van der Waals surface area contributed by atoms with Gasteiger partial charge in [-0.15, -0.1) is 0 Å². The number of halogens is 3. The highest BCUT2D eigenvalue weighted by Gasteiger charge is 2.27. The molecule has 0 aromatic heterocycles. The standard InChI is InChI=1S/C11H13Cl2FN2O2S2/c1-11(2,10(15)19)5-16-20(17,18)7-4-3-6(12)9(14)8(7)13/h3-4,16H,5H2,1-2H3,(H2,15,19). The minimum absolute atomic E-state index is 0.0365. The van der Waals surface area contributed by atoms with Gasteiger partial charge in [-0.2, -0.15) is 0 Å². The van der Waals surface area contributed by atoms with Crippen LogP contribution in [0.4, 0.5) is 4.39 Å². The van der Waals surface area contributed by atoms with Gasteiger partial charge < -0.3 is 5.73 Å². The van der Waals surface area contributed by atoms with Gasteiger partial charge in [0.15, 0.2) is 5.82 Å². The van der Waals surface area contributed by atoms with Crippen LogP contribution in [0.25, 0.3) is 0 Å². The lowest BCUT2D eigenvalue weighted by molar-refractivity contribution is 0.501. The zero-order valence-corrected chi connectivity index (χ0v) is 13.9. The van der Waals surface area contributed by atoms with Gasteiger partial charge in [0.1, 0.15) is 4.90 Å². The molecule has 0 radical (unpaired) electrons. The summed E-state index contributed by atoms with van der Waals surface area (Å²) < 4.78 is 40.0. The molecule has 0 atom stereocenters. The predicted molar refractivity (Wildman–Crippen MR) is 82.2 cm³/mol. The maximum atomic E-state index is 13.5. The van der Waals surface area contributed by atoms with Crippen LogP contribution >= 0.6 is 35.4 Å². The summed E-state index contributed by atoms with van der Waals surface area (Å²) in [6.45, 7) is 3.33. The number of nitrogens with one attached hydrogen (secondary N) is 1. The molecule has 0 saturated carbocycles. The van der Waals surface area contributed by atoms with Crippen molar-refractivity contribution in [2.24, 2.45) is 11.1 Å². The van der Waals surface area contributed by atoms with Crippen molar-refractivity contribution >= 4 is 50.4 Å². The van der Waals surface area contributed by atoms with Gasteiger partial charge >= 0.3 is 0 Å². The third-order valence-electron chi connectivity index (χ3n) is 2.66. The molecule has 0 spiro atoms. The average molecular weight is 359 g/mol. The van der Waals surface area contributed by atoms with E-state index in [4.69, 9.17) is 41.2 Å². The van der Waals surface area contributed by atoms with Gasteiger partial charge in [0.25, 0.3) is 0 Å². The molecule has 0 aliphatic carbocycles. The summed E-state index contributed by atoms with van der Waals surface area (Å²) in [5.41, 5.74) is 4.78. The third kappa shape index (κ3) is 3.79. The Balaban J connectivity index is 3.08. The SMILES string of the molecule is CC(C)(CNS(=O)(=O)c1ccc(Cl)c(F)c1Cl)C(N)=S. The summed E-state index contributed by atoms with van der Waals surface area (Å²) in [6.07, 6.45) is 0. The number of rotatable bonds is 5. The molecule has 112 valence electrons. The third-order valence-corrected chi connectivity index (χ3v) is 5.43. The van der Waals surface area contributed by atoms with Gasteiger partial charge in [-0.3, -0.25) is 0 Å². The average Bonchev–Trinajstić information content (AvgIpc) is 2.33. The minimum Gasteiger partial charge on any atom is -0.393 e. The number of hydrogen-bond donors (Lipinski definition) is 2. The summed E-state index contributed by atoms with van der Waals surface area (Å²) in [6, 6.07) is 2.25. The Kier molecular flexibility index (Phi) is 5.37. The summed E-state index contributed by atoms with van der Waals surface area (Å²) >= 11 is 16.0. The van der Waals surface area contributed by atoms with Crippen molar-refractivity contribution in [1.82, 2.24) is 4.72 Å². The van der Waals surface area contributed by atoms with E-state index in [0.717, 1.165) is 12.1 Å². The highest BCUT2D eigenvalue weighted by Crippen LogP contribution is 2.29. The van der Waals surface area contributed by atoms with Gasteiger partial charge in [0.05, 0.1) is 15.0 Å². The van der Waals surface area contributed by atoms with Crippen LogP contribution in [-0.4, -0.2) is 20.0 Å². The second-order valence-electron chi connectivity index (χ2n) is 4.75. The van der Waals surface area contributed by atoms with Crippen molar-refractivity contribution < 1.29 is 12.8 Å². The first-order chi connectivity index (χ1) is 8.99. The molecule has 0 fully saturated rings. The normalized spacial score (nSPS) is 12.4. The van der Waals surface area contributed by atoms with E-state index in [1.165, 1.54) is 0 Å². The van der Waals surface area contributed by atoms with Crippen LogP contribution in [0.2, 0.25) is 10.0 Å². The number of thiocarbonyl (C=S) groups is 1. The van der Waals surface area contributed by atoms with Crippen LogP contribution in [0.5, 0.6) is 0 Å². The van der Waals surface area contributed by atoms with Gasteiger partial charge in [-0.05, 0) is 12.1 Å². The lowest BCUT2D eigenvalue weighted by Gasteiger charge is -2.23. The monoisotopic (exact) mass is 358 g/mol. The lowest BCUT2D eigenvalue weighted by Crippen LogP contribution is -2.41. The second-order valence-corrected chi connectivity index (χ2v) is 7.71. The van der Waals surface area contributed by atoms with Crippen molar-refractivity contribution in [3.05, 3.63) is 28.0 Å². The van der Waals surface area contributed by atoms with E-state index in [1.54, 1.807) is 13.8 Å². The van der Waals surface area contributed by atoms with E-state index < -0.39 is 26.3 Å². The van der Waals surface area contributed by atoms with E-state index >= 15 is 0 Å². The minimum atomic E-state index is -3.99. The smallest absolute Gasteiger partial charge is 0.242 e. The van der Waals surface area contributed by atoms with E-state index in [9.17, 15) is 12.8 Å².